The highest BCUT2D eigenvalue weighted by molar-refractivity contribution is 9.10. The van der Waals surface area contributed by atoms with E-state index < -0.39 is 5.92 Å². The van der Waals surface area contributed by atoms with E-state index in [9.17, 15) is 8.78 Å². The minimum absolute atomic E-state index is 0.0145. The number of benzene rings is 1. The molecule has 1 aliphatic rings. The van der Waals surface area contributed by atoms with Gasteiger partial charge < -0.3 is 0 Å². The second-order valence-corrected chi connectivity index (χ2v) is 6.52. The summed E-state index contributed by atoms with van der Waals surface area (Å²) in [5, 5.41) is -0.0459. The van der Waals surface area contributed by atoms with Gasteiger partial charge in [0.15, 0.2) is 0 Å². The Labute approximate surface area is 120 Å². The maximum absolute atomic E-state index is 13.1. The Morgan fingerprint density at radius 3 is 2.61 bits per heavy atom. The zero-order valence-corrected chi connectivity index (χ0v) is 12.4. The van der Waals surface area contributed by atoms with E-state index in [-0.39, 0.29) is 24.1 Å². The van der Waals surface area contributed by atoms with Crippen molar-refractivity contribution in [2.75, 3.05) is 0 Å². The zero-order chi connectivity index (χ0) is 13.2. The molecule has 0 amide bonds. The summed E-state index contributed by atoms with van der Waals surface area (Å²) in [4.78, 5) is 0. The molecule has 1 aromatic carbocycles. The van der Waals surface area contributed by atoms with Crippen molar-refractivity contribution < 1.29 is 8.78 Å². The molecule has 1 unspecified atom stereocenters. The Morgan fingerprint density at radius 1 is 1.33 bits per heavy atom. The van der Waals surface area contributed by atoms with Gasteiger partial charge in [0, 0.05) is 22.7 Å². The number of rotatable bonds is 3. The van der Waals surface area contributed by atoms with Crippen LogP contribution in [0.2, 0.25) is 0 Å². The molecule has 1 saturated carbocycles. The molecule has 18 heavy (non-hydrogen) atoms. The molecule has 1 aliphatic carbocycles. The van der Waals surface area contributed by atoms with Crippen molar-refractivity contribution in [2.45, 2.75) is 43.4 Å². The van der Waals surface area contributed by atoms with Gasteiger partial charge in [-0.1, -0.05) is 28.1 Å². The number of halogens is 4. The maximum atomic E-state index is 13.1. The second kappa shape index (κ2) is 5.87. The molecule has 1 atom stereocenters. The molecule has 0 saturated heterocycles. The van der Waals surface area contributed by atoms with Crippen molar-refractivity contribution in [3.63, 3.8) is 0 Å². The first kappa shape index (κ1) is 14.3. The highest BCUT2D eigenvalue weighted by Gasteiger charge is 2.37. The van der Waals surface area contributed by atoms with E-state index in [0.29, 0.717) is 12.8 Å². The van der Waals surface area contributed by atoms with Crippen LogP contribution >= 0.6 is 27.5 Å². The van der Waals surface area contributed by atoms with E-state index in [1.165, 1.54) is 0 Å². The molecule has 0 nitrogen and oxygen atoms in total. The van der Waals surface area contributed by atoms with E-state index >= 15 is 0 Å². The predicted octanol–water partition coefficient (Wildman–Crippen LogP) is 5.42. The SMILES string of the molecule is FC1(F)CCC(C(Cl)Cc2cccc(Br)c2)CC1. The highest BCUT2D eigenvalue weighted by Crippen LogP contribution is 2.39. The fraction of sp³-hybridized carbons (Fsp3) is 0.571. The van der Waals surface area contributed by atoms with Crippen LogP contribution in [0, 0.1) is 5.92 Å². The van der Waals surface area contributed by atoms with Crippen molar-refractivity contribution in [1.29, 1.82) is 0 Å². The Bertz CT molecular complexity index is 399. The minimum atomic E-state index is -2.47. The van der Waals surface area contributed by atoms with Crippen molar-refractivity contribution in [3.05, 3.63) is 34.3 Å². The summed E-state index contributed by atoms with van der Waals surface area (Å²) in [6, 6.07) is 8.00. The van der Waals surface area contributed by atoms with Crippen LogP contribution in [-0.4, -0.2) is 11.3 Å². The first-order chi connectivity index (χ1) is 8.46. The number of hydrogen-bond donors (Lipinski definition) is 0. The fourth-order valence-corrected chi connectivity index (χ4v) is 3.36. The molecule has 0 bridgehead atoms. The predicted molar refractivity (Wildman–Crippen MR) is 74.4 cm³/mol. The Balaban J connectivity index is 1.91. The maximum Gasteiger partial charge on any atom is 0.248 e. The van der Waals surface area contributed by atoms with E-state index in [4.69, 9.17) is 11.6 Å². The van der Waals surface area contributed by atoms with Crippen LogP contribution in [0.5, 0.6) is 0 Å². The molecule has 0 radical (unpaired) electrons. The molecule has 0 spiro atoms. The average Bonchev–Trinajstić information content (AvgIpc) is 2.28. The molecule has 2 rings (SSSR count). The lowest BCUT2D eigenvalue weighted by Gasteiger charge is -2.31. The molecule has 0 heterocycles. The summed E-state index contributed by atoms with van der Waals surface area (Å²) in [6.45, 7) is 0. The summed E-state index contributed by atoms with van der Waals surface area (Å²) >= 11 is 9.80. The van der Waals surface area contributed by atoms with Gasteiger partial charge in [-0.2, -0.15) is 0 Å². The summed E-state index contributed by atoms with van der Waals surface area (Å²) in [6.07, 6.45) is 1.79. The van der Waals surface area contributed by atoms with E-state index in [1.807, 2.05) is 24.3 Å². The van der Waals surface area contributed by atoms with Crippen molar-refractivity contribution in [3.8, 4) is 0 Å². The summed E-state index contributed by atoms with van der Waals surface area (Å²) in [7, 11) is 0. The first-order valence-electron chi connectivity index (χ1n) is 6.23. The molecule has 0 aromatic heterocycles. The number of alkyl halides is 3. The third kappa shape index (κ3) is 3.92. The molecule has 0 aliphatic heterocycles. The van der Waals surface area contributed by atoms with Gasteiger partial charge in [-0.25, -0.2) is 8.78 Å². The molecule has 0 N–H and O–H groups in total. The number of hydrogen-bond acceptors (Lipinski definition) is 0. The highest BCUT2D eigenvalue weighted by atomic mass is 79.9. The Kier molecular flexibility index (Phi) is 4.65. The van der Waals surface area contributed by atoms with Crippen LogP contribution in [0.1, 0.15) is 31.2 Å². The lowest BCUT2D eigenvalue weighted by atomic mass is 9.83. The minimum Gasteiger partial charge on any atom is -0.207 e. The van der Waals surface area contributed by atoms with Crippen molar-refractivity contribution >= 4 is 27.5 Å². The Morgan fingerprint density at radius 2 is 2.00 bits per heavy atom. The average molecular weight is 338 g/mol. The van der Waals surface area contributed by atoms with E-state index in [0.717, 1.165) is 16.5 Å². The lowest BCUT2D eigenvalue weighted by Crippen LogP contribution is -2.29. The van der Waals surface area contributed by atoms with Gasteiger partial charge in [0.25, 0.3) is 0 Å². The quantitative estimate of drug-likeness (QED) is 0.646. The van der Waals surface area contributed by atoms with Gasteiger partial charge in [0.05, 0.1) is 0 Å². The van der Waals surface area contributed by atoms with Crippen molar-refractivity contribution in [2.24, 2.45) is 5.92 Å². The van der Waals surface area contributed by atoms with Crippen LogP contribution in [0.15, 0.2) is 28.7 Å². The van der Waals surface area contributed by atoms with E-state index in [1.54, 1.807) is 0 Å². The Hall–Kier alpha value is -0.150. The standard InChI is InChI=1S/C14H16BrClF2/c15-12-3-1-2-10(8-12)9-13(16)11-4-6-14(17,18)7-5-11/h1-3,8,11,13H,4-7,9H2. The van der Waals surface area contributed by atoms with Crippen LogP contribution < -0.4 is 0 Å². The molecule has 1 fully saturated rings. The van der Waals surface area contributed by atoms with Gasteiger partial charge in [-0.15, -0.1) is 11.6 Å². The van der Waals surface area contributed by atoms with Crippen LogP contribution in [0.3, 0.4) is 0 Å². The van der Waals surface area contributed by atoms with Crippen LogP contribution in [-0.2, 0) is 6.42 Å². The lowest BCUT2D eigenvalue weighted by molar-refractivity contribution is -0.0459. The first-order valence-corrected chi connectivity index (χ1v) is 7.45. The molecule has 4 heteroatoms. The molecular weight excluding hydrogens is 322 g/mol. The van der Waals surface area contributed by atoms with Gasteiger partial charge >= 0.3 is 0 Å². The summed E-state index contributed by atoms with van der Waals surface area (Å²) in [5.74, 6) is -2.26. The smallest absolute Gasteiger partial charge is 0.207 e. The van der Waals surface area contributed by atoms with Crippen LogP contribution in [0.25, 0.3) is 0 Å². The molecular formula is C14H16BrClF2. The van der Waals surface area contributed by atoms with Crippen molar-refractivity contribution in [1.82, 2.24) is 0 Å². The normalized spacial score (nSPS) is 21.8. The second-order valence-electron chi connectivity index (χ2n) is 5.04. The largest absolute Gasteiger partial charge is 0.248 e. The summed E-state index contributed by atoms with van der Waals surface area (Å²) < 4.78 is 27.2. The zero-order valence-electron chi connectivity index (χ0n) is 10.0. The van der Waals surface area contributed by atoms with Gasteiger partial charge in [0.2, 0.25) is 5.92 Å². The monoisotopic (exact) mass is 336 g/mol. The summed E-state index contributed by atoms with van der Waals surface area (Å²) in [5.41, 5.74) is 1.15. The van der Waals surface area contributed by atoms with Gasteiger partial charge in [-0.3, -0.25) is 0 Å². The third-order valence-electron chi connectivity index (χ3n) is 3.59. The molecule has 100 valence electrons. The molecule has 1 aromatic rings. The van der Waals surface area contributed by atoms with Crippen LogP contribution in [0.4, 0.5) is 8.78 Å². The van der Waals surface area contributed by atoms with E-state index in [2.05, 4.69) is 15.9 Å². The van der Waals surface area contributed by atoms with Gasteiger partial charge in [0.1, 0.15) is 0 Å². The fourth-order valence-electron chi connectivity index (χ4n) is 2.48. The topological polar surface area (TPSA) is 0 Å². The van der Waals surface area contributed by atoms with Gasteiger partial charge in [-0.05, 0) is 42.9 Å². The third-order valence-corrected chi connectivity index (χ3v) is 4.60.